The molecule has 2 fully saturated rings. The van der Waals surface area contributed by atoms with Crippen molar-refractivity contribution in [1.82, 2.24) is 15.5 Å². The fourth-order valence-corrected chi connectivity index (χ4v) is 2.49. The maximum Gasteiger partial charge on any atom is 0.410 e. The lowest BCUT2D eigenvalue weighted by Crippen LogP contribution is -2.63. The van der Waals surface area contributed by atoms with Gasteiger partial charge in [-0.3, -0.25) is 0 Å². The van der Waals surface area contributed by atoms with Gasteiger partial charge in [0.25, 0.3) is 0 Å². The average molecular weight is 285 g/mol. The number of carbonyl (C=O) groups excluding carboxylic acids is 1. The van der Waals surface area contributed by atoms with Crippen molar-refractivity contribution in [2.45, 2.75) is 50.9 Å². The number of amides is 1. The number of likely N-dealkylation sites (tertiary alicyclic amines) is 1. The first-order valence-electron chi connectivity index (χ1n) is 7.42. The summed E-state index contributed by atoms with van der Waals surface area (Å²) >= 11 is 0. The van der Waals surface area contributed by atoms with E-state index in [4.69, 9.17) is 4.74 Å². The van der Waals surface area contributed by atoms with E-state index >= 15 is 0 Å². The highest BCUT2D eigenvalue weighted by molar-refractivity contribution is 5.69. The predicted molar refractivity (Wildman–Crippen MR) is 76.7 cm³/mol. The smallest absolute Gasteiger partial charge is 0.410 e. The third kappa shape index (κ3) is 4.33. The van der Waals surface area contributed by atoms with Gasteiger partial charge < -0.3 is 25.4 Å². The molecule has 0 atom stereocenters. The number of nitrogens with one attached hydrogen (secondary N) is 2. The van der Waals surface area contributed by atoms with Gasteiger partial charge in [0.15, 0.2) is 0 Å². The summed E-state index contributed by atoms with van der Waals surface area (Å²) in [5.41, 5.74) is -1.04. The summed E-state index contributed by atoms with van der Waals surface area (Å²) in [5, 5.41) is 17.0. The molecule has 6 heteroatoms. The number of aliphatic hydroxyl groups is 1. The fraction of sp³-hybridized carbons (Fsp3) is 0.929. The standard InChI is InChI=1S/C14H27N3O3/c1-13(2,3)20-12(18)17-8-11(9-17)16-10-14(19)4-6-15-7-5-14/h11,15-16,19H,4-10H2,1-3H3. The molecule has 0 bridgehead atoms. The number of piperidine rings is 1. The molecule has 2 heterocycles. The summed E-state index contributed by atoms with van der Waals surface area (Å²) in [6.07, 6.45) is 1.31. The Labute approximate surface area is 120 Å². The van der Waals surface area contributed by atoms with E-state index < -0.39 is 11.2 Å². The van der Waals surface area contributed by atoms with E-state index in [0.29, 0.717) is 19.6 Å². The van der Waals surface area contributed by atoms with Gasteiger partial charge in [0.05, 0.1) is 5.60 Å². The molecular formula is C14H27N3O3. The minimum Gasteiger partial charge on any atom is -0.444 e. The highest BCUT2D eigenvalue weighted by Gasteiger charge is 2.36. The molecule has 1 amide bonds. The SMILES string of the molecule is CC(C)(C)OC(=O)N1CC(NCC2(O)CCNCC2)C1. The first-order valence-corrected chi connectivity index (χ1v) is 7.42. The van der Waals surface area contributed by atoms with E-state index in [1.807, 2.05) is 20.8 Å². The van der Waals surface area contributed by atoms with Crippen molar-refractivity contribution >= 4 is 6.09 Å². The van der Waals surface area contributed by atoms with E-state index in [-0.39, 0.29) is 12.1 Å². The monoisotopic (exact) mass is 285 g/mol. The van der Waals surface area contributed by atoms with Crippen LogP contribution < -0.4 is 10.6 Å². The van der Waals surface area contributed by atoms with Gasteiger partial charge in [-0.25, -0.2) is 4.79 Å². The van der Waals surface area contributed by atoms with Crippen LogP contribution in [0.25, 0.3) is 0 Å². The average Bonchev–Trinajstić information content (AvgIpc) is 2.25. The lowest BCUT2D eigenvalue weighted by atomic mass is 9.92. The second-order valence-corrected chi connectivity index (χ2v) is 6.94. The Balaban J connectivity index is 1.65. The van der Waals surface area contributed by atoms with Crippen LogP contribution in [0, 0.1) is 0 Å². The van der Waals surface area contributed by atoms with Crippen LogP contribution in [0.5, 0.6) is 0 Å². The molecule has 0 unspecified atom stereocenters. The topological polar surface area (TPSA) is 73.8 Å². The maximum atomic E-state index is 11.8. The summed E-state index contributed by atoms with van der Waals surface area (Å²) in [7, 11) is 0. The first-order chi connectivity index (χ1) is 9.27. The molecule has 0 aromatic rings. The van der Waals surface area contributed by atoms with E-state index in [1.165, 1.54) is 0 Å². The van der Waals surface area contributed by atoms with Crippen LogP contribution in [0.15, 0.2) is 0 Å². The number of ether oxygens (including phenoxy) is 1. The van der Waals surface area contributed by atoms with E-state index in [0.717, 1.165) is 25.9 Å². The van der Waals surface area contributed by atoms with Crippen molar-refractivity contribution in [2.75, 3.05) is 32.7 Å². The molecule has 0 spiro atoms. The van der Waals surface area contributed by atoms with Crippen LogP contribution in [-0.4, -0.2) is 66.1 Å². The van der Waals surface area contributed by atoms with Crippen LogP contribution >= 0.6 is 0 Å². The zero-order valence-corrected chi connectivity index (χ0v) is 12.7. The molecule has 0 aromatic carbocycles. The van der Waals surface area contributed by atoms with Crippen molar-refractivity contribution in [1.29, 1.82) is 0 Å². The van der Waals surface area contributed by atoms with Gasteiger partial charge in [-0.2, -0.15) is 0 Å². The van der Waals surface area contributed by atoms with Crippen LogP contribution in [0.2, 0.25) is 0 Å². The third-order valence-electron chi connectivity index (χ3n) is 3.79. The molecule has 3 N–H and O–H groups in total. The quantitative estimate of drug-likeness (QED) is 0.696. The van der Waals surface area contributed by atoms with Crippen molar-refractivity contribution in [3.05, 3.63) is 0 Å². The largest absolute Gasteiger partial charge is 0.444 e. The molecule has 0 saturated carbocycles. The Hall–Kier alpha value is -0.850. The van der Waals surface area contributed by atoms with E-state index in [2.05, 4.69) is 10.6 Å². The minimum absolute atomic E-state index is 0.254. The van der Waals surface area contributed by atoms with E-state index in [1.54, 1.807) is 4.90 Å². The Morgan fingerprint density at radius 2 is 2.00 bits per heavy atom. The van der Waals surface area contributed by atoms with Gasteiger partial charge >= 0.3 is 6.09 Å². The Bertz CT molecular complexity index is 342. The highest BCUT2D eigenvalue weighted by Crippen LogP contribution is 2.19. The number of nitrogens with zero attached hydrogens (tertiary/aromatic N) is 1. The number of hydrogen-bond donors (Lipinski definition) is 3. The first kappa shape index (κ1) is 15.5. The van der Waals surface area contributed by atoms with Gasteiger partial charge in [0.1, 0.15) is 5.60 Å². The third-order valence-corrected chi connectivity index (χ3v) is 3.79. The van der Waals surface area contributed by atoms with E-state index in [9.17, 15) is 9.90 Å². The lowest BCUT2D eigenvalue weighted by Gasteiger charge is -2.42. The number of carbonyl (C=O) groups is 1. The predicted octanol–water partition coefficient (Wildman–Crippen LogP) is 0.310. The van der Waals surface area contributed by atoms with Gasteiger partial charge in [-0.1, -0.05) is 0 Å². The van der Waals surface area contributed by atoms with Crippen molar-refractivity contribution in [3.63, 3.8) is 0 Å². The molecule has 20 heavy (non-hydrogen) atoms. The Kier molecular flexibility index (Phi) is 4.56. The molecular weight excluding hydrogens is 258 g/mol. The molecule has 0 radical (unpaired) electrons. The maximum absolute atomic E-state index is 11.8. The summed E-state index contributed by atoms with van der Waals surface area (Å²) in [4.78, 5) is 13.5. The Morgan fingerprint density at radius 1 is 1.40 bits per heavy atom. The van der Waals surface area contributed by atoms with Gasteiger partial charge in [0.2, 0.25) is 0 Å². The Morgan fingerprint density at radius 3 is 2.55 bits per heavy atom. The number of rotatable bonds is 3. The van der Waals surface area contributed by atoms with Gasteiger partial charge in [0, 0.05) is 25.7 Å². The fourth-order valence-electron chi connectivity index (χ4n) is 2.49. The van der Waals surface area contributed by atoms with Gasteiger partial charge in [-0.05, 0) is 46.7 Å². The van der Waals surface area contributed by atoms with Gasteiger partial charge in [-0.15, -0.1) is 0 Å². The van der Waals surface area contributed by atoms with Crippen molar-refractivity contribution in [2.24, 2.45) is 0 Å². The molecule has 2 rings (SSSR count). The second kappa shape index (κ2) is 5.87. The molecule has 0 aromatic heterocycles. The summed E-state index contributed by atoms with van der Waals surface area (Å²) in [5.74, 6) is 0. The van der Waals surface area contributed by atoms with Crippen LogP contribution in [-0.2, 0) is 4.74 Å². The zero-order chi connectivity index (χ0) is 14.8. The zero-order valence-electron chi connectivity index (χ0n) is 12.7. The summed E-state index contributed by atoms with van der Waals surface area (Å²) in [6, 6.07) is 0.265. The minimum atomic E-state index is -0.600. The number of hydrogen-bond acceptors (Lipinski definition) is 5. The summed E-state index contributed by atoms with van der Waals surface area (Å²) in [6.45, 7) is 9.25. The molecule has 2 aliphatic rings. The molecule has 6 nitrogen and oxygen atoms in total. The normalized spacial score (nSPS) is 23.3. The van der Waals surface area contributed by atoms with Crippen LogP contribution in [0.3, 0.4) is 0 Å². The highest BCUT2D eigenvalue weighted by atomic mass is 16.6. The molecule has 116 valence electrons. The second-order valence-electron chi connectivity index (χ2n) is 6.94. The van der Waals surface area contributed by atoms with Crippen molar-refractivity contribution in [3.8, 4) is 0 Å². The summed E-state index contributed by atoms with van der Waals surface area (Å²) < 4.78 is 5.31. The van der Waals surface area contributed by atoms with Crippen molar-refractivity contribution < 1.29 is 14.6 Å². The lowest BCUT2D eigenvalue weighted by molar-refractivity contribution is -0.00992. The molecule has 0 aliphatic carbocycles. The molecule has 2 saturated heterocycles. The van der Waals surface area contributed by atoms with Crippen LogP contribution in [0.1, 0.15) is 33.6 Å². The van der Waals surface area contributed by atoms with Crippen LogP contribution in [0.4, 0.5) is 4.79 Å². The molecule has 2 aliphatic heterocycles.